The molecule has 4 N–H and O–H groups in total. The van der Waals surface area contributed by atoms with Crippen LogP contribution in [0.25, 0.3) is 5.70 Å². The van der Waals surface area contributed by atoms with Crippen molar-refractivity contribution < 1.29 is 9.50 Å². The molecule has 0 saturated carbocycles. The molecule has 0 aliphatic carbocycles. The van der Waals surface area contributed by atoms with Crippen molar-refractivity contribution in [2.24, 2.45) is 21.7 Å². The van der Waals surface area contributed by atoms with Crippen molar-refractivity contribution in [3.8, 4) is 11.8 Å². The van der Waals surface area contributed by atoms with Gasteiger partial charge in [0.1, 0.15) is 23.2 Å². The number of nitriles is 1. The van der Waals surface area contributed by atoms with E-state index in [0.717, 1.165) is 30.4 Å². The second kappa shape index (κ2) is 9.52. The smallest absolute Gasteiger partial charge is 0.136 e. The van der Waals surface area contributed by atoms with Crippen LogP contribution in [0.4, 0.5) is 10.1 Å². The molecular weight excluding hydrogens is 469 g/mol. The maximum atomic E-state index is 14.8. The zero-order valence-electron chi connectivity index (χ0n) is 20.6. The zero-order chi connectivity index (χ0) is 25.5. The van der Waals surface area contributed by atoms with Gasteiger partial charge in [0, 0.05) is 42.4 Å². The van der Waals surface area contributed by atoms with E-state index in [4.69, 9.17) is 5.73 Å². The number of benzene rings is 2. The molecule has 2 aromatic carbocycles. The lowest BCUT2D eigenvalue weighted by atomic mass is 9.76. The summed E-state index contributed by atoms with van der Waals surface area (Å²) in [5.74, 6) is -0.907. The van der Waals surface area contributed by atoms with Crippen LogP contribution in [0, 0.1) is 23.1 Å². The molecule has 2 saturated heterocycles. The van der Waals surface area contributed by atoms with Gasteiger partial charge in [-0.25, -0.2) is 9.38 Å². The highest BCUT2D eigenvalue weighted by atomic mass is 19.1. The second-order valence-corrected chi connectivity index (χ2v) is 10.2. The summed E-state index contributed by atoms with van der Waals surface area (Å²) < 4.78 is 14.8. The minimum atomic E-state index is -0.649. The predicted molar refractivity (Wildman–Crippen MR) is 142 cm³/mol. The number of anilines is 1. The van der Waals surface area contributed by atoms with E-state index in [9.17, 15) is 14.8 Å². The molecule has 9 heteroatoms. The van der Waals surface area contributed by atoms with Crippen LogP contribution >= 0.6 is 0 Å². The van der Waals surface area contributed by atoms with E-state index < -0.39 is 17.7 Å². The Hall–Kier alpha value is -3.90. The molecule has 190 valence electrons. The number of nitrogens with zero attached hydrogens (tertiary/aromatic N) is 5. The van der Waals surface area contributed by atoms with Crippen LogP contribution in [0.15, 0.2) is 58.1 Å². The van der Waals surface area contributed by atoms with Crippen LogP contribution in [0.2, 0.25) is 0 Å². The minimum Gasteiger partial charge on any atom is -0.508 e. The molecule has 0 amide bonds. The van der Waals surface area contributed by atoms with E-state index in [1.54, 1.807) is 0 Å². The number of allylic oxidation sites excluding steroid dienone is 1. The number of piperidine rings is 1. The lowest BCUT2D eigenvalue weighted by Crippen LogP contribution is -2.43. The maximum absolute atomic E-state index is 14.8. The normalized spacial score (nSPS) is 24.4. The lowest BCUT2D eigenvalue weighted by molar-refractivity contribution is 0.208. The van der Waals surface area contributed by atoms with E-state index >= 15 is 0 Å². The monoisotopic (exact) mass is 499 g/mol. The third-order valence-corrected chi connectivity index (χ3v) is 8.11. The van der Waals surface area contributed by atoms with Gasteiger partial charge in [0.25, 0.3) is 0 Å². The van der Waals surface area contributed by atoms with E-state index in [1.807, 2.05) is 12.1 Å². The average Bonchev–Trinajstić information content (AvgIpc) is 3.58. The molecule has 4 aliphatic heterocycles. The third kappa shape index (κ3) is 4.21. The van der Waals surface area contributed by atoms with E-state index in [2.05, 4.69) is 43.5 Å². The summed E-state index contributed by atoms with van der Waals surface area (Å²) in [7, 11) is 0. The molecule has 0 aromatic heterocycles. The summed E-state index contributed by atoms with van der Waals surface area (Å²) in [5, 5.41) is 24.0. The van der Waals surface area contributed by atoms with E-state index in [-0.39, 0.29) is 17.0 Å². The Labute approximate surface area is 215 Å². The minimum absolute atomic E-state index is 0.148. The van der Waals surface area contributed by atoms with Crippen LogP contribution in [0.1, 0.15) is 42.7 Å². The molecule has 4 aliphatic rings. The Bertz CT molecular complexity index is 1330. The van der Waals surface area contributed by atoms with E-state index in [1.165, 1.54) is 50.9 Å². The van der Waals surface area contributed by atoms with Gasteiger partial charge in [0.2, 0.25) is 0 Å². The summed E-state index contributed by atoms with van der Waals surface area (Å²) in [5.41, 5.74) is 11.8. The number of fused-ring (bicyclic) bond motifs is 1. The van der Waals surface area contributed by atoms with Crippen LogP contribution in [-0.4, -0.2) is 53.9 Å². The number of hydrazone groups is 1. The van der Waals surface area contributed by atoms with Crippen molar-refractivity contribution in [1.29, 1.82) is 5.26 Å². The molecule has 0 spiro atoms. The van der Waals surface area contributed by atoms with Gasteiger partial charge < -0.3 is 20.6 Å². The molecule has 6 rings (SSSR count). The number of amidine groups is 2. The molecule has 2 atom stereocenters. The number of nitrogens with two attached hydrogens (primary N) is 1. The van der Waals surface area contributed by atoms with Crippen LogP contribution < -0.4 is 16.1 Å². The van der Waals surface area contributed by atoms with Gasteiger partial charge in [0.15, 0.2) is 0 Å². The number of aliphatic imine (C=N–C) groups is 1. The lowest BCUT2D eigenvalue weighted by Gasteiger charge is -2.38. The zero-order valence-corrected chi connectivity index (χ0v) is 20.6. The second-order valence-electron chi connectivity index (χ2n) is 10.2. The molecule has 2 fully saturated rings. The Morgan fingerprint density at radius 2 is 1.76 bits per heavy atom. The SMILES string of the molecule is N#CC1=C(c2ccc(O)cc2F)N=C2NN=C(N)C2C1c1ccc(N2CCC(N3CCCC3)CC2)cc1. The number of hydrogen-bond donors (Lipinski definition) is 3. The fraction of sp³-hybridized carbons (Fsp3) is 0.393. The predicted octanol–water partition coefficient (Wildman–Crippen LogP) is 3.52. The number of phenols is 1. The van der Waals surface area contributed by atoms with Crippen molar-refractivity contribution in [2.75, 3.05) is 31.1 Å². The molecule has 2 unspecified atom stereocenters. The number of nitrogens with one attached hydrogen (secondary N) is 1. The first-order chi connectivity index (χ1) is 18.0. The van der Waals surface area contributed by atoms with Gasteiger partial charge in [-0.3, -0.25) is 5.43 Å². The van der Waals surface area contributed by atoms with Gasteiger partial charge in [0.05, 0.1) is 23.3 Å². The van der Waals surface area contributed by atoms with Crippen molar-refractivity contribution in [2.45, 2.75) is 37.6 Å². The highest BCUT2D eigenvalue weighted by molar-refractivity contribution is 6.13. The van der Waals surface area contributed by atoms with Crippen LogP contribution in [0.5, 0.6) is 5.75 Å². The summed E-state index contributed by atoms with van der Waals surface area (Å²) in [6, 6.07) is 15.1. The van der Waals surface area contributed by atoms with Crippen molar-refractivity contribution in [1.82, 2.24) is 10.3 Å². The van der Waals surface area contributed by atoms with Gasteiger partial charge in [-0.05, 0) is 68.6 Å². The number of aromatic hydroxyl groups is 1. The molecule has 2 aromatic rings. The summed E-state index contributed by atoms with van der Waals surface area (Å²) in [6.07, 6.45) is 4.99. The van der Waals surface area contributed by atoms with Gasteiger partial charge in [-0.1, -0.05) is 12.1 Å². The van der Waals surface area contributed by atoms with Gasteiger partial charge in [-0.15, -0.1) is 0 Å². The fourth-order valence-corrected chi connectivity index (χ4v) is 6.19. The number of phenolic OH excluding ortho intramolecular Hbond substituents is 1. The number of halogens is 1. The number of hydrogen-bond acceptors (Lipinski definition) is 8. The Morgan fingerprint density at radius 1 is 1.03 bits per heavy atom. The fourth-order valence-electron chi connectivity index (χ4n) is 6.19. The standard InChI is InChI=1S/C28H30FN7O/c29-23-15-20(37)7-8-21(23)26-22(16-30)24(25-27(31)33-34-28(25)32-26)17-3-5-18(6-4-17)36-13-9-19(10-14-36)35-11-1-2-12-35/h3-8,15,19,24-25,37H,1-2,9-14H2,(H2,31,33)(H,32,34). The first-order valence-corrected chi connectivity index (χ1v) is 12.9. The molecule has 0 bridgehead atoms. The Kier molecular flexibility index (Phi) is 6.05. The van der Waals surface area contributed by atoms with E-state index in [0.29, 0.717) is 23.3 Å². The quantitative estimate of drug-likeness (QED) is 0.593. The highest BCUT2D eigenvalue weighted by Crippen LogP contribution is 2.43. The van der Waals surface area contributed by atoms with Crippen LogP contribution in [0.3, 0.4) is 0 Å². The molecular formula is C28H30FN7O. The summed E-state index contributed by atoms with van der Waals surface area (Å²) in [4.78, 5) is 9.62. The van der Waals surface area contributed by atoms with Gasteiger partial charge in [-0.2, -0.15) is 10.4 Å². The van der Waals surface area contributed by atoms with Crippen molar-refractivity contribution in [3.63, 3.8) is 0 Å². The maximum Gasteiger partial charge on any atom is 0.136 e. The largest absolute Gasteiger partial charge is 0.508 e. The topological polar surface area (TPSA) is 113 Å². The first kappa shape index (κ1) is 23.5. The third-order valence-electron chi connectivity index (χ3n) is 8.11. The molecule has 37 heavy (non-hydrogen) atoms. The summed E-state index contributed by atoms with van der Waals surface area (Å²) >= 11 is 0. The first-order valence-electron chi connectivity index (χ1n) is 12.9. The van der Waals surface area contributed by atoms with Gasteiger partial charge >= 0.3 is 0 Å². The summed E-state index contributed by atoms with van der Waals surface area (Å²) in [6.45, 7) is 4.53. The molecule has 0 radical (unpaired) electrons. The van der Waals surface area contributed by atoms with Crippen molar-refractivity contribution in [3.05, 3.63) is 65.0 Å². The van der Waals surface area contributed by atoms with Crippen molar-refractivity contribution >= 4 is 23.1 Å². The van der Waals surface area contributed by atoms with Crippen LogP contribution in [-0.2, 0) is 0 Å². The Balaban J connectivity index is 1.30. The molecule has 4 heterocycles. The molecule has 8 nitrogen and oxygen atoms in total. The average molecular weight is 500 g/mol. The number of likely N-dealkylation sites (tertiary alicyclic amines) is 1. The highest BCUT2D eigenvalue weighted by Gasteiger charge is 2.42. The Morgan fingerprint density at radius 3 is 2.43 bits per heavy atom. The number of rotatable bonds is 4.